The number of halogens is 1. The van der Waals surface area contributed by atoms with Gasteiger partial charge >= 0.3 is 0 Å². The number of aryl methyl sites for hydroxylation is 1. The van der Waals surface area contributed by atoms with Gasteiger partial charge in [0.2, 0.25) is 0 Å². The second-order valence-electron chi connectivity index (χ2n) is 4.42. The Morgan fingerprint density at radius 2 is 2.18 bits per heavy atom. The molecule has 0 saturated heterocycles. The summed E-state index contributed by atoms with van der Waals surface area (Å²) < 4.78 is 1.05. The van der Waals surface area contributed by atoms with Gasteiger partial charge in [-0.3, -0.25) is 4.98 Å². The fourth-order valence-electron chi connectivity index (χ4n) is 1.88. The number of nitrogens with zero attached hydrogens (tertiary/aromatic N) is 1. The van der Waals surface area contributed by atoms with E-state index in [1.807, 2.05) is 6.20 Å². The summed E-state index contributed by atoms with van der Waals surface area (Å²) in [5.41, 5.74) is 1.19. The van der Waals surface area contributed by atoms with Crippen LogP contribution in [-0.4, -0.2) is 17.6 Å². The van der Waals surface area contributed by atoms with Crippen molar-refractivity contribution in [2.45, 2.75) is 52.0 Å². The van der Waals surface area contributed by atoms with Crippen LogP contribution in [0.2, 0.25) is 0 Å². The van der Waals surface area contributed by atoms with E-state index in [-0.39, 0.29) is 0 Å². The average molecular weight is 299 g/mol. The Balaban J connectivity index is 2.23. The van der Waals surface area contributed by atoms with E-state index >= 15 is 0 Å². The maximum atomic E-state index is 4.40. The fourth-order valence-corrected chi connectivity index (χ4v) is 2.12. The predicted molar refractivity (Wildman–Crippen MR) is 77.2 cm³/mol. The molecule has 0 aliphatic rings. The standard InChI is InChI=1S/C14H23BrN2/c1-3-10-16-13(4-2)6-5-7-14-9-8-12(15)11-17-14/h8-9,11,13,16H,3-7,10H2,1-2H3. The SMILES string of the molecule is CCCNC(CC)CCCc1ccc(Br)cn1. The smallest absolute Gasteiger partial charge is 0.0413 e. The van der Waals surface area contributed by atoms with Crippen molar-refractivity contribution in [3.8, 4) is 0 Å². The molecule has 1 heterocycles. The highest BCUT2D eigenvalue weighted by Gasteiger charge is 2.04. The summed E-state index contributed by atoms with van der Waals surface area (Å²) in [6.07, 6.45) is 7.84. The van der Waals surface area contributed by atoms with E-state index in [0.29, 0.717) is 6.04 Å². The lowest BCUT2D eigenvalue weighted by Crippen LogP contribution is -2.29. The Morgan fingerprint density at radius 3 is 2.76 bits per heavy atom. The first-order valence-electron chi connectivity index (χ1n) is 6.60. The molecular weight excluding hydrogens is 276 g/mol. The highest BCUT2D eigenvalue weighted by atomic mass is 79.9. The number of hydrogen-bond donors (Lipinski definition) is 1. The number of pyridine rings is 1. The van der Waals surface area contributed by atoms with E-state index in [0.717, 1.165) is 17.4 Å². The fraction of sp³-hybridized carbons (Fsp3) is 0.643. The third-order valence-corrected chi connectivity index (χ3v) is 3.42. The molecule has 0 aliphatic heterocycles. The highest BCUT2D eigenvalue weighted by molar-refractivity contribution is 9.10. The third kappa shape index (κ3) is 6.18. The molecule has 0 bridgehead atoms. The van der Waals surface area contributed by atoms with Gasteiger partial charge in [0.15, 0.2) is 0 Å². The van der Waals surface area contributed by atoms with Crippen molar-refractivity contribution in [2.75, 3.05) is 6.54 Å². The molecule has 0 aromatic carbocycles. The van der Waals surface area contributed by atoms with Crippen LogP contribution in [0.5, 0.6) is 0 Å². The molecule has 1 N–H and O–H groups in total. The van der Waals surface area contributed by atoms with Crippen LogP contribution in [0.15, 0.2) is 22.8 Å². The minimum atomic E-state index is 0.672. The first-order chi connectivity index (χ1) is 8.26. The summed E-state index contributed by atoms with van der Waals surface area (Å²) >= 11 is 3.40. The van der Waals surface area contributed by atoms with Gasteiger partial charge in [-0.25, -0.2) is 0 Å². The van der Waals surface area contributed by atoms with Crippen molar-refractivity contribution in [1.29, 1.82) is 0 Å². The van der Waals surface area contributed by atoms with Crippen LogP contribution >= 0.6 is 15.9 Å². The van der Waals surface area contributed by atoms with Crippen LogP contribution < -0.4 is 5.32 Å². The molecule has 0 saturated carbocycles. The number of nitrogens with one attached hydrogen (secondary N) is 1. The Labute approximate surface area is 113 Å². The molecule has 96 valence electrons. The van der Waals surface area contributed by atoms with Gasteiger partial charge in [0.05, 0.1) is 0 Å². The zero-order valence-corrected chi connectivity index (χ0v) is 12.5. The van der Waals surface area contributed by atoms with E-state index in [2.05, 4.69) is 52.2 Å². The molecule has 1 atom stereocenters. The van der Waals surface area contributed by atoms with E-state index in [4.69, 9.17) is 0 Å². The summed E-state index contributed by atoms with van der Waals surface area (Å²) in [6, 6.07) is 4.84. The van der Waals surface area contributed by atoms with Gasteiger partial charge in [0, 0.05) is 22.4 Å². The minimum Gasteiger partial charge on any atom is -0.314 e. The largest absolute Gasteiger partial charge is 0.314 e. The van der Waals surface area contributed by atoms with Gasteiger partial charge in [-0.05, 0) is 66.7 Å². The van der Waals surface area contributed by atoms with Crippen LogP contribution in [0.1, 0.15) is 45.2 Å². The molecule has 0 spiro atoms. The molecular formula is C14H23BrN2. The van der Waals surface area contributed by atoms with E-state index in [1.165, 1.54) is 31.4 Å². The van der Waals surface area contributed by atoms with E-state index in [1.54, 1.807) is 0 Å². The molecule has 17 heavy (non-hydrogen) atoms. The lowest BCUT2D eigenvalue weighted by Gasteiger charge is -2.16. The monoisotopic (exact) mass is 298 g/mol. The van der Waals surface area contributed by atoms with Gasteiger partial charge in [-0.1, -0.05) is 13.8 Å². The van der Waals surface area contributed by atoms with Crippen molar-refractivity contribution >= 4 is 15.9 Å². The average Bonchev–Trinajstić information content (AvgIpc) is 2.36. The normalized spacial score (nSPS) is 12.6. The predicted octanol–water partition coefficient (Wildman–Crippen LogP) is 3.95. The summed E-state index contributed by atoms with van der Waals surface area (Å²) in [7, 11) is 0. The lowest BCUT2D eigenvalue weighted by atomic mass is 10.1. The maximum absolute atomic E-state index is 4.40. The van der Waals surface area contributed by atoms with Gasteiger partial charge < -0.3 is 5.32 Å². The lowest BCUT2D eigenvalue weighted by molar-refractivity contribution is 0.455. The van der Waals surface area contributed by atoms with E-state index < -0.39 is 0 Å². The molecule has 1 rings (SSSR count). The Hall–Kier alpha value is -0.410. The molecule has 0 aliphatic carbocycles. The number of aromatic nitrogens is 1. The van der Waals surface area contributed by atoms with Crippen LogP contribution in [0.4, 0.5) is 0 Å². The summed E-state index contributed by atoms with van der Waals surface area (Å²) in [4.78, 5) is 4.40. The summed E-state index contributed by atoms with van der Waals surface area (Å²) in [6.45, 7) is 5.60. The van der Waals surface area contributed by atoms with Crippen molar-refractivity contribution in [2.24, 2.45) is 0 Å². The highest BCUT2D eigenvalue weighted by Crippen LogP contribution is 2.10. The minimum absolute atomic E-state index is 0.672. The van der Waals surface area contributed by atoms with Crippen molar-refractivity contribution in [3.05, 3.63) is 28.5 Å². The second kappa shape index (κ2) is 8.65. The van der Waals surface area contributed by atoms with Crippen LogP contribution in [0.3, 0.4) is 0 Å². The van der Waals surface area contributed by atoms with Crippen molar-refractivity contribution < 1.29 is 0 Å². The van der Waals surface area contributed by atoms with Gasteiger partial charge in [-0.15, -0.1) is 0 Å². The molecule has 1 aromatic rings. The molecule has 0 amide bonds. The Morgan fingerprint density at radius 1 is 1.35 bits per heavy atom. The van der Waals surface area contributed by atoms with Gasteiger partial charge in [0.1, 0.15) is 0 Å². The van der Waals surface area contributed by atoms with Gasteiger partial charge in [-0.2, -0.15) is 0 Å². The molecule has 0 radical (unpaired) electrons. The van der Waals surface area contributed by atoms with Crippen LogP contribution in [0, 0.1) is 0 Å². The summed E-state index contributed by atoms with van der Waals surface area (Å²) in [5, 5.41) is 3.59. The zero-order valence-electron chi connectivity index (χ0n) is 10.9. The van der Waals surface area contributed by atoms with Crippen molar-refractivity contribution in [3.63, 3.8) is 0 Å². The van der Waals surface area contributed by atoms with Crippen molar-refractivity contribution in [1.82, 2.24) is 10.3 Å². The van der Waals surface area contributed by atoms with E-state index in [9.17, 15) is 0 Å². The zero-order chi connectivity index (χ0) is 12.5. The Bertz CT molecular complexity index is 298. The topological polar surface area (TPSA) is 24.9 Å². The molecule has 2 nitrogen and oxygen atoms in total. The first kappa shape index (κ1) is 14.7. The molecule has 0 fully saturated rings. The number of hydrogen-bond acceptors (Lipinski definition) is 2. The third-order valence-electron chi connectivity index (χ3n) is 2.95. The quantitative estimate of drug-likeness (QED) is 0.786. The Kier molecular flexibility index (Phi) is 7.45. The van der Waals surface area contributed by atoms with Crippen LogP contribution in [0.25, 0.3) is 0 Å². The van der Waals surface area contributed by atoms with Gasteiger partial charge in [0.25, 0.3) is 0 Å². The molecule has 1 aromatic heterocycles. The summed E-state index contributed by atoms with van der Waals surface area (Å²) in [5.74, 6) is 0. The molecule has 3 heteroatoms. The number of rotatable bonds is 8. The first-order valence-corrected chi connectivity index (χ1v) is 7.39. The second-order valence-corrected chi connectivity index (χ2v) is 5.33. The molecule has 1 unspecified atom stereocenters. The maximum Gasteiger partial charge on any atom is 0.0413 e. The van der Waals surface area contributed by atoms with Crippen LogP contribution in [-0.2, 0) is 6.42 Å².